The first kappa shape index (κ1) is 176. The Labute approximate surface area is 133 Å². The van der Waals surface area contributed by atoms with Crippen molar-refractivity contribution in [2.24, 2.45) is 0 Å². The number of halogens is 8. The first-order valence-corrected chi connectivity index (χ1v) is 0. The van der Waals surface area contributed by atoms with Crippen LogP contribution in [-0.4, -0.2) is 0 Å². The summed E-state index contributed by atoms with van der Waals surface area (Å²) in [4.78, 5) is 0. The van der Waals surface area contributed by atoms with Gasteiger partial charge in [-0.3, -0.25) is 0 Å². The second-order valence-electron chi connectivity index (χ2n) is 0. The first-order valence-electron chi connectivity index (χ1n) is 0. The van der Waals surface area contributed by atoms with Gasteiger partial charge in [-0.1, -0.05) is 0 Å². The van der Waals surface area contributed by atoms with Crippen LogP contribution in [-0.2, 0) is 35.9 Å². The summed E-state index contributed by atoms with van der Waals surface area (Å²) in [6.07, 6.45) is 0. The molecular weight excluding hydrogens is 387 g/mol. The smallest absolute Gasteiger partial charge is 1.00 e. The molecule has 0 saturated carbocycles. The molecule has 0 saturated heterocycles. The van der Waals surface area contributed by atoms with Gasteiger partial charge in [0.15, 0.2) is 0 Å². The Morgan fingerprint density at radius 1 is 0.300 bits per heavy atom. The van der Waals surface area contributed by atoms with Crippen molar-refractivity contribution in [3.63, 3.8) is 0 Å². The average molecular weight is 387 g/mol. The van der Waals surface area contributed by atoms with Gasteiger partial charge in [0.2, 0.25) is 0 Å². The van der Waals surface area contributed by atoms with Gasteiger partial charge in [-0.2, -0.15) is 0 Å². The van der Waals surface area contributed by atoms with Crippen molar-refractivity contribution in [3.05, 3.63) is 0 Å². The maximum absolute atomic E-state index is 0. The van der Waals surface area contributed by atoms with Crippen molar-refractivity contribution in [2.75, 3.05) is 0 Å². The third kappa shape index (κ3) is 105. The molecule has 0 rings (SSSR count). The minimum absolute atomic E-state index is 0. The van der Waals surface area contributed by atoms with Crippen LogP contribution < -0.4 is 99.3 Å². The fraction of sp³-hybridized carbons (Fsp3) is 0. The summed E-state index contributed by atoms with van der Waals surface area (Å²) in [6.45, 7) is 0. The fourth-order valence-corrected chi connectivity index (χ4v) is 0. The molecule has 0 aliphatic heterocycles. The predicted octanol–water partition coefficient (Wildman–Crippen LogP) is -24.0. The van der Waals surface area contributed by atoms with Crippen LogP contribution in [0.4, 0.5) is 0 Å². The van der Waals surface area contributed by atoms with Gasteiger partial charge >= 0.3 is 17.4 Å². The Balaban J connectivity index is 0. The van der Waals surface area contributed by atoms with Crippen LogP contribution in [0.3, 0.4) is 0 Å². The Morgan fingerprint density at radius 2 is 0.300 bits per heavy atom. The van der Waals surface area contributed by atoms with Gasteiger partial charge in [0.1, 0.15) is 0 Å². The van der Waals surface area contributed by atoms with Crippen LogP contribution in [0.15, 0.2) is 0 Å². The standard InChI is InChI=1S/8ClH.Cr.V/h8*1H;;/q;;;;;;;;+3;/p-8. The summed E-state index contributed by atoms with van der Waals surface area (Å²) in [5.41, 5.74) is 0. The molecule has 0 aliphatic rings. The molecular formula is Cl8CrV-5. The maximum Gasteiger partial charge on any atom is 3.00 e. The molecule has 72 valence electrons. The van der Waals surface area contributed by atoms with Crippen molar-refractivity contribution in [1.29, 1.82) is 0 Å². The summed E-state index contributed by atoms with van der Waals surface area (Å²) < 4.78 is 0. The molecule has 0 nitrogen and oxygen atoms in total. The Kier molecular flexibility index (Phi) is 2420. The van der Waals surface area contributed by atoms with Gasteiger partial charge in [0.25, 0.3) is 0 Å². The van der Waals surface area contributed by atoms with Gasteiger partial charge in [0.05, 0.1) is 0 Å². The van der Waals surface area contributed by atoms with E-state index in [9.17, 15) is 0 Å². The van der Waals surface area contributed by atoms with Crippen LogP contribution >= 0.6 is 0 Å². The summed E-state index contributed by atoms with van der Waals surface area (Å²) in [7, 11) is 0. The summed E-state index contributed by atoms with van der Waals surface area (Å²) in [5.74, 6) is 0. The molecule has 0 aliphatic carbocycles. The van der Waals surface area contributed by atoms with Gasteiger partial charge in [0, 0.05) is 18.6 Å². The van der Waals surface area contributed by atoms with E-state index in [-0.39, 0.29) is 135 Å². The van der Waals surface area contributed by atoms with E-state index in [1.165, 1.54) is 0 Å². The quantitative estimate of drug-likeness (QED) is 0.388. The van der Waals surface area contributed by atoms with Crippen LogP contribution in [0.5, 0.6) is 0 Å². The van der Waals surface area contributed by atoms with E-state index < -0.39 is 0 Å². The maximum atomic E-state index is 0. The van der Waals surface area contributed by atoms with E-state index in [2.05, 4.69) is 0 Å². The zero-order valence-electron chi connectivity index (χ0n) is 3.88. The SMILES string of the molecule is [Cl-].[Cl-].[Cl-].[Cl-].[Cl-].[Cl-].[Cl-].[Cl-].[Cr+3].[V]. The third-order valence-electron chi connectivity index (χ3n) is 0. The van der Waals surface area contributed by atoms with Crippen molar-refractivity contribution < 1.29 is 135 Å². The number of rotatable bonds is 0. The molecule has 0 spiro atoms. The molecule has 0 N–H and O–H groups in total. The van der Waals surface area contributed by atoms with Crippen molar-refractivity contribution in [3.8, 4) is 0 Å². The fourth-order valence-electron chi connectivity index (χ4n) is 0. The van der Waals surface area contributed by atoms with E-state index in [1.54, 1.807) is 0 Å². The molecule has 0 amide bonds. The molecule has 0 aromatic heterocycles. The van der Waals surface area contributed by atoms with Gasteiger partial charge in [-0.15, -0.1) is 0 Å². The Hall–Kier alpha value is 3.44. The summed E-state index contributed by atoms with van der Waals surface area (Å²) in [5, 5.41) is 0. The molecule has 2 radical (unpaired) electrons. The summed E-state index contributed by atoms with van der Waals surface area (Å²) in [6, 6.07) is 0. The van der Waals surface area contributed by atoms with Crippen LogP contribution in [0.2, 0.25) is 0 Å². The van der Waals surface area contributed by atoms with E-state index >= 15 is 0 Å². The van der Waals surface area contributed by atoms with Gasteiger partial charge < -0.3 is 99.3 Å². The molecule has 10 heavy (non-hydrogen) atoms. The largest absolute Gasteiger partial charge is 3.00 e. The number of hydrogen-bond acceptors (Lipinski definition) is 0. The molecule has 10 heteroatoms. The van der Waals surface area contributed by atoms with Crippen molar-refractivity contribution in [1.82, 2.24) is 0 Å². The van der Waals surface area contributed by atoms with E-state index in [0.717, 1.165) is 0 Å². The van der Waals surface area contributed by atoms with Gasteiger partial charge in [-0.05, 0) is 0 Å². The third-order valence-corrected chi connectivity index (χ3v) is 0. The molecule has 0 aromatic rings. The van der Waals surface area contributed by atoms with Crippen LogP contribution in [0, 0.1) is 0 Å². The number of hydrogen-bond donors (Lipinski definition) is 0. The molecule has 0 fully saturated rings. The zero-order chi connectivity index (χ0) is 0. The average Bonchev–Trinajstić information content (AvgIpc) is 0. The van der Waals surface area contributed by atoms with E-state index in [0.29, 0.717) is 0 Å². The van der Waals surface area contributed by atoms with Crippen molar-refractivity contribution in [2.45, 2.75) is 0 Å². The normalized spacial score (nSPS) is 0. The van der Waals surface area contributed by atoms with Crippen LogP contribution in [0.25, 0.3) is 0 Å². The second-order valence-corrected chi connectivity index (χ2v) is 0. The predicted molar refractivity (Wildman–Crippen MR) is 0 cm³/mol. The van der Waals surface area contributed by atoms with Crippen molar-refractivity contribution >= 4 is 0 Å². The molecule has 0 heterocycles. The molecule has 0 bridgehead atoms. The van der Waals surface area contributed by atoms with Gasteiger partial charge in [-0.25, -0.2) is 0 Å². The minimum atomic E-state index is 0. The second kappa shape index (κ2) is 138. The molecule has 0 unspecified atom stereocenters. The topological polar surface area (TPSA) is 0 Å². The van der Waals surface area contributed by atoms with E-state index in [4.69, 9.17) is 0 Å². The minimum Gasteiger partial charge on any atom is -1.00 e. The molecule has 0 aromatic carbocycles. The zero-order valence-corrected chi connectivity index (χ0v) is 12.6. The Bertz CT molecular complexity index is 9.22. The monoisotopic (exact) mass is 383 g/mol. The van der Waals surface area contributed by atoms with Crippen LogP contribution in [0.1, 0.15) is 0 Å². The molecule has 0 atom stereocenters. The first-order chi connectivity index (χ1) is 0. The van der Waals surface area contributed by atoms with E-state index in [1.807, 2.05) is 0 Å². The summed E-state index contributed by atoms with van der Waals surface area (Å²) >= 11 is 0. The Morgan fingerprint density at radius 3 is 0.300 bits per heavy atom.